The third-order valence-corrected chi connectivity index (χ3v) is 4.07. The average molecular weight is 287 g/mol. The summed E-state index contributed by atoms with van der Waals surface area (Å²) in [6.45, 7) is 0. The summed E-state index contributed by atoms with van der Waals surface area (Å²) < 4.78 is 38.9. The molecule has 1 N–H and O–H groups in total. The summed E-state index contributed by atoms with van der Waals surface area (Å²) in [5.41, 5.74) is -0.840. The minimum Gasteiger partial charge on any atom is -0.388 e. The number of hydrogen-bond donors (Lipinski definition) is 1. The summed E-state index contributed by atoms with van der Waals surface area (Å²) in [6.07, 6.45) is 3.67. The number of rotatable bonds is 2. The fraction of sp³-hybridized carbons (Fsp3) is 0.667. The summed E-state index contributed by atoms with van der Waals surface area (Å²) in [4.78, 5) is 3.76. The first-order chi connectivity index (χ1) is 9.50. The number of aromatic nitrogens is 1. The zero-order valence-electron chi connectivity index (χ0n) is 11.4. The Morgan fingerprint density at radius 3 is 2.30 bits per heavy atom. The van der Waals surface area contributed by atoms with Crippen LogP contribution in [0.4, 0.5) is 13.2 Å². The second-order valence-corrected chi connectivity index (χ2v) is 5.51. The smallest absolute Gasteiger partial charge is 0.388 e. The number of nitrogens with zero attached hydrogens (tertiary/aromatic N) is 1. The van der Waals surface area contributed by atoms with Crippen LogP contribution in [0.2, 0.25) is 0 Å². The van der Waals surface area contributed by atoms with Gasteiger partial charge in [0.15, 0.2) is 0 Å². The Morgan fingerprint density at radius 1 is 1.10 bits per heavy atom. The summed E-state index contributed by atoms with van der Waals surface area (Å²) in [5, 5.41) is 10.4. The molecule has 0 aromatic carbocycles. The molecule has 5 heteroatoms. The molecule has 1 fully saturated rings. The number of aliphatic hydroxyl groups excluding tert-OH is 1. The van der Waals surface area contributed by atoms with E-state index < -0.39 is 17.8 Å². The Bertz CT molecular complexity index is 425. The molecule has 0 aliphatic heterocycles. The zero-order valence-corrected chi connectivity index (χ0v) is 11.4. The maximum Gasteiger partial charge on any atom is 0.416 e. The van der Waals surface area contributed by atoms with Gasteiger partial charge in [-0.05, 0) is 24.8 Å². The molecule has 1 aliphatic carbocycles. The molecule has 0 spiro atoms. The van der Waals surface area contributed by atoms with Crippen LogP contribution >= 0.6 is 0 Å². The Balaban J connectivity index is 2.21. The molecule has 112 valence electrons. The molecule has 2 rings (SSSR count). The van der Waals surface area contributed by atoms with Crippen LogP contribution < -0.4 is 0 Å². The standard InChI is InChI=1S/C15H20F3NO/c16-15(17,18)13-8-9-19-10-12(13)14(20)11-6-4-2-1-3-5-7-11/h8-11,14,20H,1-7H2. The number of alkyl halides is 3. The highest BCUT2D eigenvalue weighted by Gasteiger charge is 2.36. The average Bonchev–Trinajstić information content (AvgIpc) is 2.37. The van der Waals surface area contributed by atoms with E-state index in [0.717, 1.165) is 57.0 Å². The second kappa shape index (κ2) is 6.57. The van der Waals surface area contributed by atoms with E-state index in [9.17, 15) is 18.3 Å². The van der Waals surface area contributed by atoms with Crippen molar-refractivity contribution in [3.63, 3.8) is 0 Å². The third-order valence-electron chi connectivity index (χ3n) is 4.07. The fourth-order valence-corrected chi connectivity index (χ4v) is 2.96. The van der Waals surface area contributed by atoms with Gasteiger partial charge in [0, 0.05) is 18.0 Å². The van der Waals surface area contributed by atoms with E-state index in [1.54, 1.807) is 0 Å². The molecule has 2 nitrogen and oxygen atoms in total. The lowest BCUT2D eigenvalue weighted by Gasteiger charge is -2.26. The van der Waals surface area contributed by atoms with Crippen LogP contribution in [0.1, 0.15) is 62.2 Å². The highest BCUT2D eigenvalue weighted by Crippen LogP contribution is 2.39. The van der Waals surface area contributed by atoms with Gasteiger partial charge in [-0.15, -0.1) is 0 Å². The van der Waals surface area contributed by atoms with Gasteiger partial charge >= 0.3 is 6.18 Å². The van der Waals surface area contributed by atoms with E-state index in [1.807, 2.05) is 0 Å². The predicted molar refractivity (Wildman–Crippen MR) is 70.0 cm³/mol. The highest BCUT2D eigenvalue weighted by molar-refractivity contribution is 5.28. The normalized spacial score (nSPS) is 20.2. The number of halogens is 3. The van der Waals surface area contributed by atoms with E-state index in [0.29, 0.717) is 0 Å². The van der Waals surface area contributed by atoms with Crippen molar-refractivity contribution in [2.75, 3.05) is 0 Å². The first-order valence-corrected chi connectivity index (χ1v) is 7.19. The van der Waals surface area contributed by atoms with Gasteiger partial charge in [0.25, 0.3) is 0 Å². The molecule has 0 amide bonds. The van der Waals surface area contributed by atoms with Crippen molar-refractivity contribution in [3.05, 3.63) is 29.6 Å². The van der Waals surface area contributed by atoms with Crippen molar-refractivity contribution in [2.45, 2.75) is 57.2 Å². The SMILES string of the molecule is OC(c1cnccc1C(F)(F)F)C1CCCCCCC1. The van der Waals surface area contributed by atoms with Gasteiger partial charge in [-0.2, -0.15) is 13.2 Å². The van der Waals surface area contributed by atoms with E-state index in [4.69, 9.17) is 0 Å². The van der Waals surface area contributed by atoms with Crippen molar-refractivity contribution >= 4 is 0 Å². The topological polar surface area (TPSA) is 33.1 Å². The lowest BCUT2D eigenvalue weighted by molar-refractivity contribution is -0.139. The van der Waals surface area contributed by atoms with Gasteiger partial charge < -0.3 is 5.11 Å². The summed E-state index contributed by atoms with van der Waals surface area (Å²) in [5.74, 6) is -0.0967. The van der Waals surface area contributed by atoms with Gasteiger partial charge in [0.1, 0.15) is 0 Å². The van der Waals surface area contributed by atoms with Crippen LogP contribution in [0.5, 0.6) is 0 Å². The lowest BCUT2D eigenvalue weighted by atomic mass is 9.84. The Hall–Kier alpha value is -1.10. The van der Waals surface area contributed by atoms with Crippen LogP contribution in [0.3, 0.4) is 0 Å². The predicted octanol–water partition coefficient (Wildman–Crippen LogP) is 4.49. The van der Waals surface area contributed by atoms with E-state index in [2.05, 4.69) is 4.98 Å². The first-order valence-electron chi connectivity index (χ1n) is 7.19. The van der Waals surface area contributed by atoms with Gasteiger partial charge in [0.05, 0.1) is 11.7 Å². The molecule has 20 heavy (non-hydrogen) atoms. The zero-order chi connectivity index (χ0) is 14.6. The highest BCUT2D eigenvalue weighted by atomic mass is 19.4. The molecular weight excluding hydrogens is 267 g/mol. The minimum absolute atomic E-state index is 0.0782. The maximum atomic E-state index is 13.0. The third kappa shape index (κ3) is 3.72. The summed E-state index contributed by atoms with van der Waals surface area (Å²) in [6, 6.07) is 0.946. The Morgan fingerprint density at radius 2 is 1.70 bits per heavy atom. The van der Waals surface area contributed by atoms with Crippen molar-refractivity contribution in [1.29, 1.82) is 0 Å². The quantitative estimate of drug-likeness (QED) is 0.869. The van der Waals surface area contributed by atoms with Crippen molar-refractivity contribution < 1.29 is 18.3 Å². The molecular formula is C15H20F3NO. The molecule has 1 saturated carbocycles. The van der Waals surface area contributed by atoms with Crippen LogP contribution in [-0.4, -0.2) is 10.1 Å². The summed E-state index contributed by atoms with van der Waals surface area (Å²) in [7, 11) is 0. The fourth-order valence-electron chi connectivity index (χ4n) is 2.96. The van der Waals surface area contributed by atoms with E-state index in [-0.39, 0.29) is 11.5 Å². The van der Waals surface area contributed by atoms with Gasteiger partial charge in [-0.3, -0.25) is 4.98 Å². The van der Waals surface area contributed by atoms with Crippen LogP contribution in [0, 0.1) is 5.92 Å². The first kappa shape index (κ1) is 15.3. The molecule has 1 atom stereocenters. The number of aliphatic hydroxyl groups is 1. The molecule has 0 saturated heterocycles. The lowest BCUT2D eigenvalue weighted by Crippen LogP contribution is -2.19. The summed E-state index contributed by atoms with van der Waals surface area (Å²) >= 11 is 0. The molecule has 0 radical (unpaired) electrons. The Labute approximate surface area is 117 Å². The van der Waals surface area contributed by atoms with Crippen LogP contribution in [0.25, 0.3) is 0 Å². The van der Waals surface area contributed by atoms with E-state index in [1.165, 1.54) is 6.42 Å². The molecule has 0 bridgehead atoms. The number of hydrogen-bond acceptors (Lipinski definition) is 2. The Kier molecular flexibility index (Phi) is 5.02. The number of pyridine rings is 1. The molecule has 1 unspecified atom stereocenters. The largest absolute Gasteiger partial charge is 0.416 e. The minimum atomic E-state index is -4.44. The second-order valence-electron chi connectivity index (χ2n) is 5.51. The van der Waals surface area contributed by atoms with E-state index >= 15 is 0 Å². The maximum absolute atomic E-state index is 13.0. The molecule has 1 aliphatic rings. The van der Waals surface area contributed by atoms with Crippen molar-refractivity contribution in [1.82, 2.24) is 4.98 Å². The molecule has 1 aromatic heterocycles. The van der Waals surface area contributed by atoms with Crippen LogP contribution in [0.15, 0.2) is 18.5 Å². The van der Waals surface area contributed by atoms with Gasteiger partial charge in [-0.1, -0.05) is 32.1 Å². The van der Waals surface area contributed by atoms with Gasteiger partial charge in [-0.25, -0.2) is 0 Å². The van der Waals surface area contributed by atoms with Gasteiger partial charge in [0.2, 0.25) is 0 Å². The van der Waals surface area contributed by atoms with Crippen LogP contribution in [-0.2, 0) is 6.18 Å². The van der Waals surface area contributed by atoms with Crippen molar-refractivity contribution in [2.24, 2.45) is 5.92 Å². The van der Waals surface area contributed by atoms with Crippen molar-refractivity contribution in [3.8, 4) is 0 Å². The monoisotopic (exact) mass is 287 g/mol. The molecule has 1 heterocycles. The molecule has 1 aromatic rings.